The number of hydrogen-bond acceptors (Lipinski definition) is 2. The van der Waals surface area contributed by atoms with Gasteiger partial charge in [-0.2, -0.15) is 0 Å². The molecular formula is C16H21FN2O. The largest absolute Gasteiger partial charge is 0.340 e. The maximum absolute atomic E-state index is 13.2. The van der Waals surface area contributed by atoms with Crippen molar-refractivity contribution < 1.29 is 9.18 Å². The van der Waals surface area contributed by atoms with E-state index in [2.05, 4.69) is 5.32 Å². The molecule has 4 heteroatoms. The lowest BCUT2D eigenvalue weighted by molar-refractivity contribution is -0.133. The van der Waals surface area contributed by atoms with E-state index < -0.39 is 0 Å². The summed E-state index contributed by atoms with van der Waals surface area (Å²) in [4.78, 5) is 14.3. The van der Waals surface area contributed by atoms with Crippen LogP contribution in [0.25, 0.3) is 0 Å². The predicted molar refractivity (Wildman–Crippen MR) is 75.5 cm³/mol. The van der Waals surface area contributed by atoms with Gasteiger partial charge >= 0.3 is 0 Å². The monoisotopic (exact) mass is 276 g/mol. The van der Waals surface area contributed by atoms with Crippen LogP contribution in [0.15, 0.2) is 24.3 Å². The van der Waals surface area contributed by atoms with E-state index in [0.717, 1.165) is 18.5 Å². The molecule has 0 radical (unpaired) electrons. The SMILES string of the molecule is CN(Cc1cccc(F)c1)C(=O)C1NCC2CCCC21. The molecule has 0 aromatic heterocycles. The Morgan fingerprint density at radius 2 is 2.30 bits per heavy atom. The van der Waals surface area contributed by atoms with Crippen molar-refractivity contribution in [3.63, 3.8) is 0 Å². The summed E-state index contributed by atoms with van der Waals surface area (Å²) in [6, 6.07) is 6.41. The number of benzene rings is 1. The summed E-state index contributed by atoms with van der Waals surface area (Å²) in [5.41, 5.74) is 0.835. The van der Waals surface area contributed by atoms with Gasteiger partial charge in [-0.1, -0.05) is 18.6 Å². The third kappa shape index (κ3) is 2.57. The van der Waals surface area contributed by atoms with Gasteiger partial charge in [0, 0.05) is 13.6 Å². The average Bonchev–Trinajstić information content (AvgIpc) is 3.00. The molecule has 20 heavy (non-hydrogen) atoms. The topological polar surface area (TPSA) is 32.3 Å². The first-order valence-electron chi connectivity index (χ1n) is 7.38. The van der Waals surface area contributed by atoms with Crippen LogP contribution in [0.3, 0.4) is 0 Å². The highest BCUT2D eigenvalue weighted by molar-refractivity contribution is 5.82. The Balaban J connectivity index is 1.65. The van der Waals surface area contributed by atoms with E-state index in [1.54, 1.807) is 18.0 Å². The van der Waals surface area contributed by atoms with Gasteiger partial charge in [0.1, 0.15) is 5.82 Å². The van der Waals surface area contributed by atoms with Crippen LogP contribution < -0.4 is 5.32 Å². The average molecular weight is 276 g/mol. The minimum Gasteiger partial charge on any atom is -0.340 e. The summed E-state index contributed by atoms with van der Waals surface area (Å²) >= 11 is 0. The third-order valence-electron chi connectivity index (χ3n) is 4.70. The van der Waals surface area contributed by atoms with E-state index in [1.807, 2.05) is 6.07 Å². The van der Waals surface area contributed by atoms with Gasteiger partial charge in [0.15, 0.2) is 0 Å². The minimum absolute atomic E-state index is 0.0407. The highest BCUT2D eigenvalue weighted by Gasteiger charge is 2.43. The Bertz CT molecular complexity index is 505. The summed E-state index contributed by atoms with van der Waals surface area (Å²) in [5.74, 6) is 1.06. The number of nitrogens with one attached hydrogen (secondary N) is 1. The van der Waals surface area contributed by atoms with Crippen molar-refractivity contribution >= 4 is 5.91 Å². The molecule has 0 spiro atoms. The second-order valence-electron chi connectivity index (χ2n) is 6.06. The van der Waals surface area contributed by atoms with Crippen LogP contribution >= 0.6 is 0 Å². The molecule has 2 fully saturated rings. The third-order valence-corrected chi connectivity index (χ3v) is 4.70. The van der Waals surface area contributed by atoms with Crippen LogP contribution in [0.2, 0.25) is 0 Å². The van der Waals surface area contributed by atoms with Crippen molar-refractivity contribution in [1.29, 1.82) is 0 Å². The lowest BCUT2D eigenvalue weighted by Gasteiger charge is -2.24. The molecule has 3 atom stereocenters. The van der Waals surface area contributed by atoms with E-state index >= 15 is 0 Å². The summed E-state index contributed by atoms with van der Waals surface area (Å²) in [5, 5.41) is 3.37. The quantitative estimate of drug-likeness (QED) is 0.917. The second-order valence-corrected chi connectivity index (χ2v) is 6.06. The molecule has 2 aliphatic rings. The van der Waals surface area contributed by atoms with E-state index in [1.165, 1.54) is 25.0 Å². The maximum Gasteiger partial charge on any atom is 0.240 e. The van der Waals surface area contributed by atoms with Crippen LogP contribution in [0.1, 0.15) is 24.8 Å². The van der Waals surface area contributed by atoms with E-state index in [0.29, 0.717) is 18.4 Å². The normalized spacial score (nSPS) is 28.4. The number of halogens is 1. The fraction of sp³-hybridized carbons (Fsp3) is 0.562. The van der Waals surface area contributed by atoms with Crippen molar-refractivity contribution in [2.45, 2.75) is 31.8 Å². The molecule has 1 aliphatic carbocycles. The number of nitrogens with zero attached hydrogens (tertiary/aromatic N) is 1. The first-order chi connectivity index (χ1) is 9.65. The molecule has 1 heterocycles. The smallest absolute Gasteiger partial charge is 0.240 e. The molecule has 3 unspecified atom stereocenters. The van der Waals surface area contributed by atoms with Gasteiger partial charge in [-0.25, -0.2) is 4.39 Å². The molecular weight excluding hydrogens is 255 g/mol. The van der Waals surface area contributed by atoms with Gasteiger partial charge in [0.25, 0.3) is 0 Å². The lowest BCUT2D eigenvalue weighted by atomic mass is 9.93. The highest BCUT2D eigenvalue weighted by Crippen LogP contribution is 2.38. The molecule has 3 nitrogen and oxygen atoms in total. The molecule has 1 N–H and O–H groups in total. The number of hydrogen-bond donors (Lipinski definition) is 1. The number of likely N-dealkylation sites (N-methyl/N-ethyl adjacent to an activating group) is 1. The summed E-state index contributed by atoms with van der Waals surface area (Å²) in [7, 11) is 1.80. The number of rotatable bonds is 3. The highest BCUT2D eigenvalue weighted by atomic mass is 19.1. The first kappa shape index (κ1) is 13.6. The molecule has 1 aromatic rings. The number of carbonyl (C=O) groups is 1. The van der Waals surface area contributed by atoms with E-state index in [-0.39, 0.29) is 17.8 Å². The number of carbonyl (C=O) groups excluding carboxylic acids is 1. The Hall–Kier alpha value is -1.42. The van der Waals surface area contributed by atoms with Crippen LogP contribution in [-0.4, -0.2) is 30.4 Å². The maximum atomic E-state index is 13.2. The van der Waals surface area contributed by atoms with Crippen molar-refractivity contribution in [1.82, 2.24) is 10.2 Å². The zero-order valence-corrected chi connectivity index (χ0v) is 11.8. The lowest BCUT2D eigenvalue weighted by Crippen LogP contribution is -2.44. The minimum atomic E-state index is -0.252. The second kappa shape index (κ2) is 5.52. The molecule has 1 aliphatic heterocycles. The summed E-state index contributed by atoms with van der Waals surface area (Å²) in [6.07, 6.45) is 3.64. The summed E-state index contributed by atoms with van der Waals surface area (Å²) < 4.78 is 13.2. The Morgan fingerprint density at radius 3 is 3.10 bits per heavy atom. The van der Waals surface area contributed by atoms with Crippen LogP contribution in [0.5, 0.6) is 0 Å². The first-order valence-corrected chi connectivity index (χ1v) is 7.38. The molecule has 1 saturated carbocycles. The van der Waals surface area contributed by atoms with Gasteiger partial charge in [0.05, 0.1) is 6.04 Å². The van der Waals surface area contributed by atoms with Gasteiger partial charge in [-0.3, -0.25) is 4.79 Å². The van der Waals surface area contributed by atoms with Crippen molar-refractivity contribution in [2.75, 3.05) is 13.6 Å². The van der Waals surface area contributed by atoms with Crippen molar-refractivity contribution in [3.8, 4) is 0 Å². The zero-order chi connectivity index (χ0) is 14.1. The molecule has 1 aromatic carbocycles. The molecule has 0 bridgehead atoms. The zero-order valence-electron chi connectivity index (χ0n) is 11.8. The fourth-order valence-corrected chi connectivity index (χ4v) is 3.68. The predicted octanol–water partition coefficient (Wildman–Crippen LogP) is 2.17. The summed E-state index contributed by atoms with van der Waals surface area (Å²) in [6.45, 7) is 1.43. The Labute approximate surface area is 119 Å². The molecule has 1 amide bonds. The van der Waals surface area contributed by atoms with Gasteiger partial charge in [-0.15, -0.1) is 0 Å². The van der Waals surface area contributed by atoms with Crippen LogP contribution in [0.4, 0.5) is 4.39 Å². The fourth-order valence-electron chi connectivity index (χ4n) is 3.68. The van der Waals surface area contributed by atoms with Crippen molar-refractivity contribution in [2.24, 2.45) is 11.8 Å². The van der Waals surface area contributed by atoms with E-state index in [4.69, 9.17) is 0 Å². The van der Waals surface area contributed by atoms with Gasteiger partial charge < -0.3 is 10.2 Å². The Morgan fingerprint density at radius 1 is 1.45 bits per heavy atom. The van der Waals surface area contributed by atoms with Crippen molar-refractivity contribution in [3.05, 3.63) is 35.6 Å². The number of amides is 1. The van der Waals surface area contributed by atoms with Crippen LogP contribution in [-0.2, 0) is 11.3 Å². The van der Waals surface area contributed by atoms with Gasteiger partial charge in [-0.05, 0) is 48.9 Å². The van der Waals surface area contributed by atoms with Crippen LogP contribution in [0, 0.1) is 17.7 Å². The van der Waals surface area contributed by atoms with E-state index in [9.17, 15) is 9.18 Å². The molecule has 1 saturated heterocycles. The van der Waals surface area contributed by atoms with Gasteiger partial charge in [0.2, 0.25) is 5.91 Å². The number of fused-ring (bicyclic) bond motifs is 1. The Kier molecular flexibility index (Phi) is 3.74. The standard InChI is InChI=1S/C16H21FN2O/c1-19(10-11-4-2-6-13(17)8-11)16(20)15-14-7-3-5-12(14)9-18-15/h2,4,6,8,12,14-15,18H,3,5,7,9-10H2,1H3. The molecule has 3 rings (SSSR count). The molecule has 108 valence electrons.